The van der Waals surface area contributed by atoms with Gasteiger partial charge in [0.2, 0.25) is 10.0 Å². The molecule has 1 aromatic carbocycles. The van der Waals surface area contributed by atoms with Crippen molar-refractivity contribution in [2.24, 2.45) is 0 Å². The van der Waals surface area contributed by atoms with Crippen LogP contribution in [0.3, 0.4) is 0 Å². The highest BCUT2D eigenvalue weighted by Crippen LogP contribution is 2.28. The van der Waals surface area contributed by atoms with E-state index in [1.54, 1.807) is 10.6 Å². The molecule has 1 fully saturated rings. The third-order valence-electron chi connectivity index (χ3n) is 4.76. The van der Waals surface area contributed by atoms with Crippen LogP contribution >= 0.6 is 11.6 Å². The molecule has 148 valence electrons. The minimum Gasteiger partial charge on any atom is -0.321 e. The number of halogens is 1. The maximum absolute atomic E-state index is 12.2. The number of rotatable bonds is 6. The Morgan fingerprint density at radius 2 is 2.04 bits per heavy atom. The van der Waals surface area contributed by atoms with Gasteiger partial charge in [0.25, 0.3) is 5.56 Å². The number of nitrogens with zero attached hydrogens (tertiary/aromatic N) is 3. The largest absolute Gasteiger partial charge is 0.349 e. The summed E-state index contributed by atoms with van der Waals surface area (Å²) in [5.74, 6) is 0.108. The molecule has 3 aliphatic rings. The van der Waals surface area contributed by atoms with E-state index in [1.807, 2.05) is 13.0 Å². The molecule has 1 saturated carbocycles. The van der Waals surface area contributed by atoms with E-state index < -0.39 is 21.3 Å². The fourth-order valence-electron chi connectivity index (χ4n) is 3.15. The Morgan fingerprint density at radius 3 is 2.71 bits per heavy atom. The van der Waals surface area contributed by atoms with Gasteiger partial charge in [0, 0.05) is 18.1 Å². The smallest absolute Gasteiger partial charge is 0.321 e. The molecule has 0 radical (unpaired) electrons. The number of H-pyrrole nitrogens is 1. The number of aromatic nitrogens is 4. The van der Waals surface area contributed by atoms with Gasteiger partial charge in [-0.2, -0.15) is 4.98 Å². The average Bonchev–Trinajstić information content (AvgIpc) is 3.47. The van der Waals surface area contributed by atoms with E-state index in [9.17, 15) is 18.0 Å². The Morgan fingerprint density at radius 1 is 1.29 bits per heavy atom. The van der Waals surface area contributed by atoms with Crippen molar-refractivity contribution in [2.45, 2.75) is 38.0 Å². The van der Waals surface area contributed by atoms with E-state index in [1.165, 1.54) is 0 Å². The van der Waals surface area contributed by atoms with Crippen LogP contribution in [0, 0.1) is 0 Å². The number of benzene rings is 1. The normalized spacial score (nSPS) is 14.8. The summed E-state index contributed by atoms with van der Waals surface area (Å²) in [6, 6.07) is 3.48. The summed E-state index contributed by atoms with van der Waals surface area (Å²) >= 11 is 6.29. The zero-order valence-electron chi connectivity index (χ0n) is 15.0. The third kappa shape index (κ3) is 3.43. The van der Waals surface area contributed by atoms with Gasteiger partial charge in [0.05, 0.1) is 16.3 Å². The molecule has 0 bridgehead atoms. The topological polar surface area (TPSA) is 127 Å². The number of sulfonamides is 1. The SMILES string of the molecule is CCc1cc2c(cc1Cl)nc1c(=O)[nH]c(=O)nc-1n2CCNS(=O)(=O)C1CC1. The van der Waals surface area contributed by atoms with E-state index in [-0.39, 0.29) is 29.9 Å². The van der Waals surface area contributed by atoms with Crippen molar-refractivity contribution in [3.8, 4) is 11.5 Å². The molecule has 1 aromatic rings. The van der Waals surface area contributed by atoms with Gasteiger partial charge in [0.15, 0.2) is 11.5 Å². The minimum absolute atomic E-state index is 0.00235. The molecule has 28 heavy (non-hydrogen) atoms. The number of aryl methyl sites for hydroxylation is 1. The second-order valence-electron chi connectivity index (χ2n) is 6.73. The molecule has 9 nitrogen and oxygen atoms in total. The van der Waals surface area contributed by atoms with Crippen LogP contribution in [-0.4, -0.2) is 39.7 Å². The van der Waals surface area contributed by atoms with Crippen molar-refractivity contribution in [3.05, 3.63) is 43.6 Å². The molecule has 2 aliphatic heterocycles. The summed E-state index contributed by atoms with van der Waals surface area (Å²) in [4.78, 5) is 34.3. The van der Waals surface area contributed by atoms with Crippen LogP contribution in [0.25, 0.3) is 22.6 Å². The Balaban J connectivity index is 1.86. The van der Waals surface area contributed by atoms with Crippen LogP contribution < -0.4 is 16.0 Å². The van der Waals surface area contributed by atoms with Crippen LogP contribution in [0.4, 0.5) is 0 Å². The molecule has 4 rings (SSSR count). The quantitative estimate of drug-likeness (QED) is 0.566. The molecule has 11 heteroatoms. The summed E-state index contributed by atoms with van der Waals surface area (Å²) in [7, 11) is -3.35. The summed E-state index contributed by atoms with van der Waals surface area (Å²) < 4.78 is 28.4. The summed E-state index contributed by atoms with van der Waals surface area (Å²) in [5.41, 5.74) is 0.519. The van der Waals surface area contributed by atoms with Crippen molar-refractivity contribution in [3.63, 3.8) is 0 Å². The van der Waals surface area contributed by atoms with Gasteiger partial charge in [-0.05, 0) is 37.0 Å². The van der Waals surface area contributed by atoms with E-state index in [4.69, 9.17) is 11.6 Å². The number of hydrogen-bond donors (Lipinski definition) is 2. The highest BCUT2D eigenvalue weighted by atomic mass is 35.5. The number of fused-ring (bicyclic) bond motifs is 2. The lowest BCUT2D eigenvalue weighted by atomic mass is 10.1. The first-order valence-electron chi connectivity index (χ1n) is 8.91. The van der Waals surface area contributed by atoms with Crippen LogP contribution in [-0.2, 0) is 23.0 Å². The summed E-state index contributed by atoms with van der Waals surface area (Å²) in [6.07, 6.45) is 2.01. The molecule has 0 amide bonds. The lowest BCUT2D eigenvalue weighted by Crippen LogP contribution is -2.33. The lowest BCUT2D eigenvalue weighted by molar-refractivity contribution is 0.572. The molecule has 0 unspecified atom stereocenters. The van der Waals surface area contributed by atoms with Crippen LogP contribution in [0.1, 0.15) is 25.3 Å². The highest BCUT2D eigenvalue weighted by molar-refractivity contribution is 7.90. The number of hydrogen-bond acceptors (Lipinski definition) is 6. The maximum atomic E-state index is 12.2. The van der Waals surface area contributed by atoms with Gasteiger partial charge < -0.3 is 4.57 Å². The van der Waals surface area contributed by atoms with Gasteiger partial charge in [-0.15, -0.1) is 0 Å². The van der Waals surface area contributed by atoms with Gasteiger partial charge in [-0.3, -0.25) is 9.78 Å². The van der Waals surface area contributed by atoms with E-state index >= 15 is 0 Å². The van der Waals surface area contributed by atoms with Gasteiger partial charge in [-0.1, -0.05) is 18.5 Å². The average molecular weight is 424 g/mol. The highest BCUT2D eigenvalue weighted by Gasteiger charge is 2.35. The standard InChI is InChI=1S/C17H18ClN5O4S/c1-2-9-7-13-12(8-11(9)18)20-14-15(21-17(25)22-16(14)24)23(13)6-5-19-28(26,27)10-3-4-10/h7-8,10,19H,2-6H2,1H3,(H,22,24,25). The fraction of sp³-hybridized carbons (Fsp3) is 0.412. The van der Waals surface area contributed by atoms with Crippen molar-refractivity contribution >= 4 is 32.7 Å². The van der Waals surface area contributed by atoms with Gasteiger partial charge in [0.1, 0.15) is 0 Å². The van der Waals surface area contributed by atoms with Crippen molar-refractivity contribution in [1.29, 1.82) is 0 Å². The van der Waals surface area contributed by atoms with Crippen LogP contribution in [0.15, 0.2) is 21.7 Å². The number of nitrogens with one attached hydrogen (secondary N) is 2. The maximum Gasteiger partial charge on any atom is 0.349 e. The molecule has 0 aromatic heterocycles. The molecule has 0 saturated heterocycles. The Hall–Kier alpha value is -2.30. The van der Waals surface area contributed by atoms with Crippen molar-refractivity contribution < 1.29 is 8.42 Å². The predicted octanol–water partition coefficient (Wildman–Crippen LogP) is 0.882. The molecule has 0 atom stereocenters. The molecule has 2 N–H and O–H groups in total. The van der Waals surface area contributed by atoms with Gasteiger partial charge >= 0.3 is 5.69 Å². The molecule has 0 spiro atoms. The molecule has 1 aliphatic carbocycles. The second-order valence-corrected chi connectivity index (χ2v) is 9.18. The van der Waals surface area contributed by atoms with Crippen LogP contribution in [0.2, 0.25) is 5.02 Å². The Labute approximate surface area is 165 Å². The van der Waals surface area contributed by atoms with E-state index in [0.717, 1.165) is 5.56 Å². The van der Waals surface area contributed by atoms with E-state index in [0.29, 0.717) is 35.3 Å². The molecular formula is C17H18ClN5O4S. The van der Waals surface area contributed by atoms with Crippen molar-refractivity contribution in [1.82, 2.24) is 24.2 Å². The zero-order chi connectivity index (χ0) is 20.1. The monoisotopic (exact) mass is 423 g/mol. The van der Waals surface area contributed by atoms with Crippen molar-refractivity contribution in [2.75, 3.05) is 6.54 Å². The first kappa shape index (κ1) is 19.0. The summed E-state index contributed by atoms with van der Waals surface area (Å²) in [6.45, 7) is 2.24. The predicted molar refractivity (Wildman–Crippen MR) is 105 cm³/mol. The Bertz CT molecular complexity index is 1260. The first-order valence-corrected chi connectivity index (χ1v) is 10.8. The van der Waals surface area contributed by atoms with Gasteiger partial charge in [-0.25, -0.2) is 22.9 Å². The van der Waals surface area contributed by atoms with E-state index in [2.05, 4.69) is 19.7 Å². The molecule has 2 heterocycles. The van der Waals surface area contributed by atoms with Crippen LogP contribution in [0.5, 0.6) is 0 Å². The minimum atomic E-state index is -3.35. The fourth-order valence-corrected chi connectivity index (χ4v) is 4.81. The lowest BCUT2D eigenvalue weighted by Gasteiger charge is -2.18. The number of aromatic amines is 1. The summed E-state index contributed by atoms with van der Waals surface area (Å²) in [5, 5.41) is 0.191. The second kappa shape index (κ2) is 6.94. The zero-order valence-corrected chi connectivity index (χ0v) is 16.6. The molecular weight excluding hydrogens is 406 g/mol. The third-order valence-corrected chi connectivity index (χ3v) is 7.07. The first-order chi connectivity index (χ1) is 13.3. The Kier molecular flexibility index (Phi) is 4.72.